The van der Waals surface area contributed by atoms with Crippen molar-refractivity contribution >= 4 is 0 Å². The van der Waals surface area contributed by atoms with E-state index in [2.05, 4.69) is 0 Å². The fraction of sp³-hybridized carbons (Fsp3) is 0.250. The number of rotatable bonds is 4. The second kappa shape index (κ2) is 5.02. The van der Waals surface area contributed by atoms with E-state index in [-0.39, 0.29) is 0 Å². The molecule has 104 valence electrons. The van der Waals surface area contributed by atoms with Crippen LogP contribution in [0.5, 0.6) is 0 Å². The third-order valence-corrected chi connectivity index (χ3v) is 1.64. The van der Waals surface area contributed by atoms with Gasteiger partial charge in [-0.2, -0.15) is 43.9 Å². The maximum absolute atomic E-state index is 12.7. The van der Waals surface area contributed by atoms with Gasteiger partial charge in [0.1, 0.15) is 0 Å². The summed E-state index contributed by atoms with van der Waals surface area (Å²) in [6, 6.07) is 0. The molecule has 0 heterocycles. The van der Waals surface area contributed by atoms with E-state index in [4.69, 9.17) is 0 Å². The molecule has 0 aliphatic heterocycles. The summed E-state index contributed by atoms with van der Waals surface area (Å²) in [6.07, 6.45) is -7.33. The average molecular weight is 288 g/mol. The van der Waals surface area contributed by atoms with Crippen LogP contribution in [0.1, 0.15) is 0 Å². The van der Waals surface area contributed by atoms with Gasteiger partial charge in [-0.15, -0.1) is 0 Å². The molecule has 0 bridgehead atoms. The van der Waals surface area contributed by atoms with Crippen LogP contribution in [0.25, 0.3) is 0 Å². The van der Waals surface area contributed by atoms with Crippen molar-refractivity contribution in [1.29, 1.82) is 0 Å². The summed E-state index contributed by atoms with van der Waals surface area (Å²) in [6.45, 7) is 1.79. The molecule has 0 unspecified atom stereocenters. The molecule has 0 saturated carbocycles. The van der Waals surface area contributed by atoms with Gasteiger partial charge in [0.05, 0.1) is 5.57 Å². The average Bonchev–Trinajstić information content (AvgIpc) is 2.25. The summed E-state index contributed by atoms with van der Waals surface area (Å²) in [5.41, 5.74) is -3.08. The quantitative estimate of drug-likeness (QED) is 0.506. The lowest BCUT2D eigenvalue weighted by atomic mass is 10.0. The number of allylic oxidation sites excluding steroid dienone is 3. The van der Waals surface area contributed by atoms with E-state index >= 15 is 0 Å². The van der Waals surface area contributed by atoms with Gasteiger partial charge in [-0.05, 0) is 0 Å². The first-order chi connectivity index (χ1) is 7.86. The van der Waals surface area contributed by atoms with Gasteiger partial charge in [0.2, 0.25) is 11.7 Å². The first-order valence-electron chi connectivity index (χ1n) is 3.74. The zero-order chi connectivity index (χ0) is 14.9. The normalized spacial score (nSPS) is 12.1. The van der Waals surface area contributed by atoms with Crippen LogP contribution in [0.2, 0.25) is 0 Å². The zero-order valence-corrected chi connectivity index (χ0v) is 7.99. The van der Waals surface area contributed by atoms with Gasteiger partial charge in [0, 0.05) is 0 Å². The van der Waals surface area contributed by atoms with Crippen molar-refractivity contribution < 1.29 is 43.9 Å². The summed E-state index contributed by atoms with van der Waals surface area (Å²) in [5.74, 6) is -18.6. The number of hydrogen-bond donors (Lipinski definition) is 0. The summed E-state index contributed by atoms with van der Waals surface area (Å²) < 4.78 is 121. The molecule has 0 aromatic carbocycles. The van der Waals surface area contributed by atoms with Gasteiger partial charge in [0.25, 0.3) is 0 Å². The molecule has 0 atom stereocenters. The first kappa shape index (κ1) is 16.5. The lowest BCUT2D eigenvalue weighted by Gasteiger charge is -2.22. The molecular weight excluding hydrogens is 286 g/mol. The predicted molar refractivity (Wildman–Crippen MR) is 39.7 cm³/mol. The van der Waals surface area contributed by atoms with Crippen molar-refractivity contribution in [3.05, 3.63) is 36.0 Å². The molecule has 0 aromatic heterocycles. The highest BCUT2D eigenvalue weighted by Crippen LogP contribution is 2.46. The molecule has 0 nitrogen and oxygen atoms in total. The monoisotopic (exact) mass is 288 g/mol. The number of halogens is 10. The van der Waals surface area contributed by atoms with Crippen molar-refractivity contribution in [2.24, 2.45) is 0 Å². The Hall–Kier alpha value is -1.48. The maximum Gasteiger partial charge on any atom is 0.331 e. The van der Waals surface area contributed by atoms with E-state index < -0.39 is 41.2 Å². The minimum absolute atomic E-state index is 1.79. The minimum atomic E-state index is -5.70. The first-order valence-corrected chi connectivity index (χ1v) is 3.74. The Labute approximate surface area is 92.9 Å². The van der Waals surface area contributed by atoms with Crippen molar-refractivity contribution in [3.8, 4) is 0 Å². The molecule has 10 heteroatoms. The Kier molecular flexibility index (Phi) is 4.61. The molecule has 0 spiro atoms. The smallest absolute Gasteiger partial charge is 0.199 e. The second-order valence-corrected chi connectivity index (χ2v) is 2.78. The highest BCUT2D eigenvalue weighted by molar-refractivity contribution is 5.34. The number of alkyl halides is 4. The lowest BCUT2D eigenvalue weighted by Crippen LogP contribution is -2.34. The van der Waals surface area contributed by atoms with Gasteiger partial charge in [-0.1, -0.05) is 6.58 Å². The van der Waals surface area contributed by atoms with Crippen molar-refractivity contribution in [3.63, 3.8) is 0 Å². The Balaban J connectivity index is 5.70. The standard InChI is InChI=1S/C8H2F10/c1-2(7(15,16)3(9)5(11)12)8(17,18)4(10)6(13)14/h1H2. The molecule has 0 radical (unpaired) electrons. The highest BCUT2D eigenvalue weighted by Gasteiger charge is 2.56. The summed E-state index contributed by atoms with van der Waals surface area (Å²) >= 11 is 0. The van der Waals surface area contributed by atoms with Crippen LogP contribution < -0.4 is 0 Å². The Morgan fingerprint density at radius 2 is 0.833 bits per heavy atom. The molecule has 0 aromatic rings. The van der Waals surface area contributed by atoms with Crippen LogP contribution in [0.15, 0.2) is 36.0 Å². The molecule has 0 saturated heterocycles. The Morgan fingerprint density at radius 1 is 0.611 bits per heavy atom. The van der Waals surface area contributed by atoms with E-state index in [1.807, 2.05) is 0 Å². The van der Waals surface area contributed by atoms with Crippen LogP contribution in [0, 0.1) is 0 Å². The second-order valence-electron chi connectivity index (χ2n) is 2.78. The Bertz CT molecular complexity index is 370. The SMILES string of the molecule is C=C(C(F)(F)C(F)=C(F)F)C(F)(F)C(F)=C(F)F. The van der Waals surface area contributed by atoms with Gasteiger partial charge < -0.3 is 0 Å². The molecule has 0 aliphatic rings. The van der Waals surface area contributed by atoms with Gasteiger partial charge in [-0.25, -0.2) is 0 Å². The summed E-state index contributed by atoms with van der Waals surface area (Å²) in [5, 5.41) is 0. The van der Waals surface area contributed by atoms with E-state index in [0.717, 1.165) is 0 Å². The van der Waals surface area contributed by atoms with Crippen LogP contribution in [-0.2, 0) is 0 Å². The molecule has 18 heavy (non-hydrogen) atoms. The lowest BCUT2D eigenvalue weighted by molar-refractivity contribution is -0.0294. The topological polar surface area (TPSA) is 0 Å². The zero-order valence-electron chi connectivity index (χ0n) is 7.99. The van der Waals surface area contributed by atoms with E-state index in [9.17, 15) is 43.9 Å². The highest BCUT2D eigenvalue weighted by atomic mass is 19.3. The fourth-order valence-electron chi connectivity index (χ4n) is 0.699. The van der Waals surface area contributed by atoms with Crippen molar-refractivity contribution in [1.82, 2.24) is 0 Å². The molecule has 0 aliphatic carbocycles. The van der Waals surface area contributed by atoms with Crippen LogP contribution >= 0.6 is 0 Å². The predicted octanol–water partition coefficient (Wildman–Crippen LogP) is 4.97. The Morgan fingerprint density at radius 3 is 1.00 bits per heavy atom. The molecule has 0 fully saturated rings. The van der Waals surface area contributed by atoms with Gasteiger partial charge in [-0.3, -0.25) is 0 Å². The summed E-state index contributed by atoms with van der Waals surface area (Å²) in [4.78, 5) is 0. The van der Waals surface area contributed by atoms with E-state index in [0.29, 0.717) is 0 Å². The van der Waals surface area contributed by atoms with Gasteiger partial charge in [0.15, 0.2) is 0 Å². The molecule has 0 N–H and O–H groups in total. The third kappa shape index (κ3) is 2.85. The van der Waals surface area contributed by atoms with Crippen LogP contribution in [-0.4, -0.2) is 11.8 Å². The van der Waals surface area contributed by atoms with Crippen molar-refractivity contribution in [2.45, 2.75) is 11.8 Å². The summed E-state index contributed by atoms with van der Waals surface area (Å²) in [7, 11) is 0. The maximum atomic E-state index is 12.7. The van der Waals surface area contributed by atoms with E-state index in [1.54, 1.807) is 6.58 Å². The minimum Gasteiger partial charge on any atom is -0.199 e. The largest absolute Gasteiger partial charge is 0.331 e. The van der Waals surface area contributed by atoms with Crippen LogP contribution in [0.4, 0.5) is 43.9 Å². The van der Waals surface area contributed by atoms with Crippen molar-refractivity contribution in [2.75, 3.05) is 0 Å². The molecule has 0 amide bonds. The van der Waals surface area contributed by atoms with Crippen LogP contribution in [0.3, 0.4) is 0 Å². The number of hydrogen-bond acceptors (Lipinski definition) is 0. The third-order valence-electron chi connectivity index (χ3n) is 1.64. The fourth-order valence-corrected chi connectivity index (χ4v) is 0.699. The van der Waals surface area contributed by atoms with E-state index in [1.165, 1.54) is 0 Å². The molecule has 0 rings (SSSR count). The molecular formula is C8H2F10. The van der Waals surface area contributed by atoms with Gasteiger partial charge >= 0.3 is 24.0 Å².